The van der Waals surface area contributed by atoms with Gasteiger partial charge in [-0.05, 0) is 42.5 Å². The summed E-state index contributed by atoms with van der Waals surface area (Å²) < 4.78 is 19.1. The number of thiophene rings is 1. The molecule has 1 unspecified atom stereocenters. The molecule has 0 spiro atoms. The van der Waals surface area contributed by atoms with Crippen molar-refractivity contribution in [3.05, 3.63) is 81.3 Å². The van der Waals surface area contributed by atoms with Crippen LogP contribution in [0.5, 0.6) is 0 Å². The monoisotopic (exact) mass is 470 g/mol. The van der Waals surface area contributed by atoms with Crippen molar-refractivity contribution in [3.63, 3.8) is 0 Å². The molecule has 1 atom stereocenters. The number of carbonyl (C=O) groups is 2. The highest BCUT2D eigenvalue weighted by Crippen LogP contribution is 2.15. The molecule has 3 heterocycles. The smallest absolute Gasteiger partial charge is 0.356 e. The fraction of sp³-hybridized carbons (Fsp3) is 0.227. The number of halogens is 1. The van der Waals surface area contributed by atoms with Crippen LogP contribution < -0.4 is 11.1 Å². The minimum absolute atomic E-state index is 0.000247. The SMILES string of the molecule is CC(N)c1cccs1.COC(=O)c1cc(C(=O)NCc2ccc(F)c(C)c2)nc2ncnn12. The van der Waals surface area contributed by atoms with Gasteiger partial charge in [-0.2, -0.15) is 14.6 Å². The first-order valence-electron chi connectivity index (χ1n) is 9.91. The molecule has 4 aromatic rings. The number of methoxy groups -OCH3 is 1. The third kappa shape index (κ3) is 5.96. The van der Waals surface area contributed by atoms with Gasteiger partial charge < -0.3 is 15.8 Å². The van der Waals surface area contributed by atoms with E-state index in [-0.39, 0.29) is 35.6 Å². The zero-order valence-corrected chi connectivity index (χ0v) is 19.1. The quantitative estimate of drug-likeness (QED) is 0.430. The number of fused-ring (bicyclic) bond motifs is 1. The first-order valence-corrected chi connectivity index (χ1v) is 10.8. The summed E-state index contributed by atoms with van der Waals surface area (Å²) in [4.78, 5) is 33.4. The number of nitrogens with zero attached hydrogens (tertiary/aromatic N) is 4. The van der Waals surface area contributed by atoms with E-state index < -0.39 is 11.9 Å². The van der Waals surface area contributed by atoms with Gasteiger partial charge in [0.05, 0.1) is 7.11 Å². The summed E-state index contributed by atoms with van der Waals surface area (Å²) in [7, 11) is 1.22. The molecule has 9 nitrogen and oxygen atoms in total. The van der Waals surface area contributed by atoms with E-state index in [1.165, 1.54) is 35.0 Å². The number of esters is 1. The summed E-state index contributed by atoms with van der Waals surface area (Å²) in [6.07, 6.45) is 1.22. The average Bonchev–Trinajstić information content (AvgIpc) is 3.51. The molecule has 11 heteroatoms. The fourth-order valence-corrected chi connectivity index (χ4v) is 3.50. The number of aryl methyl sites for hydroxylation is 1. The highest BCUT2D eigenvalue weighted by atomic mass is 32.1. The van der Waals surface area contributed by atoms with Gasteiger partial charge in [-0.3, -0.25) is 4.79 Å². The summed E-state index contributed by atoms with van der Waals surface area (Å²) in [6, 6.07) is 10.1. The normalized spacial score (nSPS) is 11.4. The number of carbonyl (C=O) groups excluding carboxylic acids is 2. The second-order valence-corrected chi connectivity index (χ2v) is 8.04. The number of amides is 1. The van der Waals surface area contributed by atoms with Crippen molar-refractivity contribution < 1.29 is 18.7 Å². The molecule has 0 saturated carbocycles. The summed E-state index contributed by atoms with van der Waals surface area (Å²) in [5, 5.41) is 8.58. The largest absolute Gasteiger partial charge is 0.464 e. The van der Waals surface area contributed by atoms with E-state index in [4.69, 9.17) is 5.73 Å². The number of rotatable bonds is 5. The van der Waals surface area contributed by atoms with Gasteiger partial charge >= 0.3 is 5.97 Å². The van der Waals surface area contributed by atoms with E-state index in [1.54, 1.807) is 30.4 Å². The third-order valence-corrected chi connectivity index (χ3v) is 5.62. The van der Waals surface area contributed by atoms with E-state index in [9.17, 15) is 14.0 Å². The Hall–Kier alpha value is -3.70. The van der Waals surface area contributed by atoms with Gasteiger partial charge in [0, 0.05) is 23.5 Å². The predicted molar refractivity (Wildman–Crippen MR) is 121 cm³/mol. The fourth-order valence-electron chi connectivity index (χ4n) is 2.82. The van der Waals surface area contributed by atoms with Crippen LogP contribution in [-0.2, 0) is 11.3 Å². The maximum absolute atomic E-state index is 13.3. The van der Waals surface area contributed by atoms with Gasteiger partial charge in [0.2, 0.25) is 0 Å². The molecule has 0 radical (unpaired) electrons. The first-order chi connectivity index (χ1) is 15.8. The van der Waals surface area contributed by atoms with Gasteiger partial charge in [0.25, 0.3) is 11.7 Å². The molecule has 0 saturated heterocycles. The molecule has 33 heavy (non-hydrogen) atoms. The maximum Gasteiger partial charge on any atom is 0.356 e. The second-order valence-electron chi connectivity index (χ2n) is 7.06. The van der Waals surface area contributed by atoms with Gasteiger partial charge in [-0.1, -0.05) is 18.2 Å². The summed E-state index contributed by atoms with van der Waals surface area (Å²) in [5.41, 5.74) is 6.83. The Morgan fingerprint density at radius 1 is 1.30 bits per heavy atom. The van der Waals surface area contributed by atoms with Crippen LogP contribution in [0.4, 0.5) is 4.39 Å². The van der Waals surface area contributed by atoms with E-state index in [2.05, 4.69) is 31.2 Å². The molecule has 1 aromatic carbocycles. The van der Waals surface area contributed by atoms with Gasteiger partial charge in [0.1, 0.15) is 17.8 Å². The number of ether oxygens (including phenoxy) is 1. The van der Waals surface area contributed by atoms with Crippen molar-refractivity contribution in [3.8, 4) is 0 Å². The first kappa shape index (κ1) is 24.0. The number of nitrogens with one attached hydrogen (secondary N) is 1. The minimum atomic E-state index is -0.666. The van der Waals surface area contributed by atoms with Crippen LogP contribution in [0.15, 0.2) is 48.1 Å². The van der Waals surface area contributed by atoms with Crippen LogP contribution in [0.25, 0.3) is 5.78 Å². The molecular formula is C22H23FN6O3S. The third-order valence-electron chi connectivity index (χ3n) is 4.55. The Morgan fingerprint density at radius 3 is 2.70 bits per heavy atom. The van der Waals surface area contributed by atoms with E-state index in [0.717, 1.165) is 5.56 Å². The number of hydrogen-bond donors (Lipinski definition) is 2. The lowest BCUT2D eigenvalue weighted by Crippen LogP contribution is -2.25. The molecule has 0 aliphatic rings. The average molecular weight is 471 g/mol. The molecule has 1 amide bonds. The molecule has 4 rings (SSSR count). The highest BCUT2D eigenvalue weighted by molar-refractivity contribution is 7.10. The van der Waals surface area contributed by atoms with Gasteiger partial charge in [-0.25, -0.2) is 14.2 Å². The number of nitrogens with two attached hydrogens (primary N) is 1. The van der Waals surface area contributed by atoms with Crippen LogP contribution in [-0.4, -0.2) is 38.6 Å². The summed E-state index contributed by atoms with van der Waals surface area (Å²) >= 11 is 1.71. The Bertz CT molecular complexity index is 1260. The van der Waals surface area contributed by atoms with Crippen LogP contribution in [0.3, 0.4) is 0 Å². The number of benzene rings is 1. The van der Waals surface area contributed by atoms with E-state index in [0.29, 0.717) is 5.56 Å². The second kappa shape index (κ2) is 10.7. The van der Waals surface area contributed by atoms with Crippen LogP contribution in [0.1, 0.15) is 49.9 Å². The molecule has 0 aliphatic heterocycles. The van der Waals surface area contributed by atoms with Crippen molar-refractivity contribution in [1.29, 1.82) is 0 Å². The molecule has 0 bridgehead atoms. The molecule has 3 N–H and O–H groups in total. The zero-order chi connectivity index (χ0) is 24.0. The maximum atomic E-state index is 13.3. The topological polar surface area (TPSA) is 124 Å². The van der Waals surface area contributed by atoms with Crippen LogP contribution >= 0.6 is 11.3 Å². The number of hydrogen-bond acceptors (Lipinski definition) is 8. The lowest BCUT2D eigenvalue weighted by Gasteiger charge is -2.08. The van der Waals surface area contributed by atoms with E-state index in [1.807, 2.05) is 18.4 Å². The summed E-state index contributed by atoms with van der Waals surface area (Å²) in [5.74, 6) is -1.37. The summed E-state index contributed by atoms with van der Waals surface area (Å²) in [6.45, 7) is 3.82. The molecule has 0 fully saturated rings. The highest BCUT2D eigenvalue weighted by Gasteiger charge is 2.18. The van der Waals surface area contributed by atoms with E-state index >= 15 is 0 Å². The Labute approximate surface area is 193 Å². The Balaban J connectivity index is 0.000000323. The van der Waals surface area contributed by atoms with Crippen LogP contribution in [0.2, 0.25) is 0 Å². The predicted octanol–water partition coefficient (Wildman–Crippen LogP) is 3.06. The molecule has 0 aliphatic carbocycles. The Kier molecular flexibility index (Phi) is 7.80. The van der Waals surface area contributed by atoms with Crippen LogP contribution in [0, 0.1) is 12.7 Å². The van der Waals surface area contributed by atoms with Gasteiger partial charge in [0.15, 0.2) is 5.69 Å². The standard InChI is InChI=1S/C16H14FN5O3.C6H9NS/c1-9-5-10(3-4-11(9)17)7-18-14(23)12-6-13(15(24)25-2)22-16(21-12)19-8-20-22;1-5(7)6-3-2-4-8-6/h3-6,8H,7H2,1-2H3,(H,18,23);2-5H,7H2,1H3. The lowest BCUT2D eigenvalue weighted by atomic mass is 10.1. The molecule has 172 valence electrons. The molecule has 3 aromatic heterocycles. The van der Waals surface area contributed by atoms with Crippen molar-refractivity contribution in [2.45, 2.75) is 26.4 Å². The number of aromatic nitrogens is 4. The van der Waals surface area contributed by atoms with Crippen molar-refractivity contribution >= 4 is 29.0 Å². The lowest BCUT2D eigenvalue weighted by molar-refractivity contribution is 0.0590. The van der Waals surface area contributed by atoms with Gasteiger partial charge in [-0.15, -0.1) is 11.3 Å². The van der Waals surface area contributed by atoms with Crippen molar-refractivity contribution in [1.82, 2.24) is 24.9 Å². The Morgan fingerprint density at radius 2 is 2.09 bits per heavy atom. The van der Waals surface area contributed by atoms with Crippen molar-refractivity contribution in [2.75, 3.05) is 7.11 Å². The zero-order valence-electron chi connectivity index (χ0n) is 18.3. The van der Waals surface area contributed by atoms with Crippen molar-refractivity contribution in [2.24, 2.45) is 5.73 Å². The molecular weight excluding hydrogens is 447 g/mol. The minimum Gasteiger partial charge on any atom is -0.464 e.